The Balaban J connectivity index is 0.000000198. The van der Waals surface area contributed by atoms with Crippen LogP contribution < -0.4 is 58.2 Å². The van der Waals surface area contributed by atoms with Crippen molar-refractivity contribution in [3.8, 4) is 22.3 Å². The van der Waals surface area contributed by atoms with Gasteiger partial charge in [-0.25, -0.2) is 32.9 Å². The number of rotatable bonds is 18. The monoisotopic (exact) mass is 1640 g/mol. The number of aliphatic hydroxyl groups excluding tert-OH is 3. The molecule has 0 bridgehead atoms. The van der Waals surface area contributed by atoms with Crippen LogP contribution in [-0.2, 0) is 23.5 Å². The summed E-state index contributed by atoms with van der Waals surface area (Å²) in [5.74, 6) is 3.36. The number of hydrogen-bond acceptors (Lipinski definition) is 21. The average molecular weight is 1650 g/mol. The second-order valence-electron chi connectivity index (χ2n) is 28.2. The summed E-state index contributed by atoms with van der Waals surface area (Å²) in [5.41, 5.74) is 19.1. The standard InChI is InChI=1S/C26H34FN5O3.C19H25FN4O2.C13H19BFNO2.C12H18IN3O2.C6H8F3N.ClH/c1-4-19-5-6-32(15-19)26(34)29-23-14-21(17(2)11-22(23)27)20-12-24(28-18(3)16-33)30-25(13-20)31-7-9-35-10-8-31;1-12-7-16(20)17(21)10-15(12)14-8-18(22-13(2)11-25)23-19(9-14)24-3-5-26-6-4-24;1-8-6-10(15)11(16)7-9(8)14-17-12(2,3)13(4,5)18-14;1-9(8-17)14-11-6-10(13)7-12(15-11)16-2-4-18-5-3-16;7-6(8,9)3-5-1-2-10-4-5;/h5,11-14,18,33H,4,6-10,15-16H2,1-3H3,(H,28,30)(H,29,34);7-10,13,25H,3-6,11,21H2,1-2H3,(H,22,23);6-7H,16H2,1-5H3;6-7,9,17H,2-5,8H2,1H3,(H,14,15);1,10H,2-4H2;1H/t18-;13-;;9-;;/m11.1../s1. The number of nitrogens with zero attached hydrogens (tertiary/aromatic N) is 7. The van der Waals surface area contributed by atoms with E-state index < -0.39 is 48.4 Å². The van der Waals surface area contributed by atoms with Gasteiger partial charge in [0.25, 0.3) is 0 Å². The molecule has 0 aliphatic carbocycles. The number of nitrogen functional groups attached to an aromatic ring is 2. The molecule has 0 saturated carbocycles. The molecule has 108 heavy (non-hydrogen) atoms. The molecule has 0 radical (unpaired) electrons. The number of morpholine rings is 3. The van der Waals surface area contributed by atoms with Crippen molar-refractivity contribution in [1.29, 1.82) is 0 Å². The summed E-state index contributed by atoms with van der Waals surface area (Å²) in [6.07, 6.45) is -0.278. The third kappa shape index (κ3) is 25.3. The predicted molar refractivity (Wildman–Crippen MR) is 429 cm³/mol. The minimum atomic E-state index is -4.04. The molecule has 2 amide bonds. The lowest BCUT2D eigenvalue weighted by Crippen LogP contribution is -2.41. The molecule has 6 aliphatic heterocycles. The summed E-state index contributed by atoms with van der Waals surface area (Å²) in [6, 6.07) is 20.4. The van der Waals surface area contributed by atoms with Gasteiger partial charge in [0.1, 0.15) is 52.4 Å². The molecule has 592 valence electrons. The highest BCUT2D eigenvalue weighted by molar-refractivity contribution is 14.1. The number of ether oxygens (including phenoxy) is 3. The Bertz CT molecular complexity index is 4010. The first-order chi connectivity index (χ1) is 50.7. The normalized spacial score (nSPS) is 17.5. The van der Waals surface area contributed by atoms with E-state index in [0.29, 0.717) is 69.8 Å². The Morgan fingerprint density at radius 3 is 1.46 bits per heavy atom. The molecule has 23 nitrogen and oxygen atoms in total. The number of alkyl halides is 3. The van der Waals surface area contributed by atoms with E-state index in [1.165, 1.54) is 23.8 Å². The van der Waals surface area contributed by atoms with Crippen LogP contribution in [0.1, 0.15) is 84.9 Å². The smallest absolute Gasteiger partial charge is 0.399 e. The molecular weight excluding hydrogens is 1540 g/mol. The zero-order valence-corrected chi connectivity index (χ0v) is 66.3. The molecule has 12 N–H and O–H groups in total. The lowest BCUT2D eigenvalue weighted by atomic mass is 9.76. The fourth-order valence-electron chi connectivity index (χ4n) is 11.9. The van der Waals surface area contributed by atoms with Crippen LogP contribution in [0.15, 0.2) is 96.1 Å². The fraction of sp³-hybridized carbons (Fsp3) is 0.500. The van der Waals surface area contributed by atoms with Crippen molar-refractivity contribution in [3.05, 3.63) is 134 Å². The van der Waals surface area contributed by atoms with E-state index in [-0.39, 0.29) is 73.4 Å². The number of nitrogens with two attached hydrogens (primary N) is 2. The molecule has 3 aromatic carbocycles. The molecular formula is C76H105BClF6IN14O9. The molecule has 3 atom stereocenters. The van der Waals surface area contributed by atoms with E-state index in [4.69, 9.17) is 45.1 Å². The Labute approximate surface area is 650 Å². The Morgan fingerprint density at radius 1 is 0.611 bits per heavy atom. The fourth-order valence-corrected chi connectivity index (χ4v) is 12.5. The number of benzene rings is 3. The number of carbonyl (C=O) groups excluding carboxylic acids is 1. The van der Waals surface area contributed by atoms with Crippen molar-refractivity contribution in [1.82, 2.24) is 25.2 Å². The van der Waals surface area contributed by atoms with Gasteiger partial charge >= 0.3 is 19.3 Å². The summed E-state index contributed by atoms with van der Waals surface area (Å²) in [5, 5.41) is 43.1. The van der Waals surface area contributed by atoms with Gasteiger partial charge in [-0.2, -0.15) is 13.2 Å². The van der Waals surface area contributed by atoms with Gasteiger partial charge in [0.15, 0.2) is 0 Å². The van der Waals surface area contributed by atoms with Crippen LogP contribution in [0.5, 0.6) is 0 Å². The molecule has 0 spiro atoms. The van der Waals surface area contributed by atoms with Crippen LogP contribution in [0.25, 0.3) is 22.3 Å². The number of aliphatic hydroxyl groups is 3. The summed E-state index contributed by atoms with van der Waals surface area (Å²) in [6.45, 7) is 32.1. The number of urea groups is 1. The zero-order valence-electron chi connectivity index (χ0n) is 63.4. The van der Waals surface area contributed by atoms with Crippen molar-refractivity contribution < 1.29 is 70.0 Å². The van der Waals surface area contributed by atoms with Gasteiger partial charge in [-0.05, 0) is 215 Å². The van der Waals surface area contributed by atoms with E-state index in [1.807, 2.05) is 106 Å². The van der Waals surface area contributed by atoms with Gasteiger partial charge in [0.05, 0.1) is 94.1 Å². The van der Waals surface area contributed by atoms with Gasteiger partial charge in [-0.3, -0.25) is 0 Å². The van der Waals surface area contributed by atoms with E-state index in [2.05, 4.69) is 86.8 Å². The van der Waals surface area contributed by atoms with Crippen LogP contribution in [0, 0.1) is 41.8 Å². The van der Waals surface area contributed by atoms with E-state index in [0.717, 1.165) is 130 Å². The number of carbonyl (C=O) groups is 1. The Hall–Kier alpha value is -7.44. The summed E-state index contributed by atoms with van der Waals surface area (Å²) in [7, 11) is -0.502. The van der Waals surface area contributed by atoms with Gasteiger partial charge in [-0.15, -0.1) is 12.4 Å². The minimum Gasteiger partial charge on any atom is -0.399 e. The van der Waals surface area contributed by atoms with Crippen LogP contribution in [0.3, 0.4) is 0 Å². The molecule has 12 rings (SSSR count). The molecule has 4 saturated heterocycles. The van der Waals surface area contributed by atoms with Crippen molar-refractivity contribution in [2.45, 2.75) is 125 Å². The topological polar surface area (TPSA) is 288 Å². The number of anilines is 9. The van der Waals surface area contributed by atoms with Gasteiger partial charge in [-0.1, -0.05) is 30.2 Å². The summed E-state index contributed by atoms with van der Waals surface area (Å²) in [4.78, 5) is 35.0. The number of hydrogen-bond donors (Lipinski definition) is 10. The summed E-state index contributed by atoms with van der Waals surface area (Å²) >= 11 is 2.29. The first-order valence-electron chi connectivity index (χ1n) is 36.0. The lowest BCUT2D eigenvalue weighted by Gasteiger charge is -2.32. The van der Waals surface area contributed by atoms with Crippen molar-refractivity contribution >= 4 is 106 Å². The maximum absolute atomic E-state index is 14.9. The zero-order chi connectivity index (χ0) is 77.9. The quantitative estimate of drug-likeness (QED) is 0.0126. The molecule has 3 aromatic heterocycles. The number of aromatic nitrogens is 3. The third-order valence-corrected chi connectivity index (χ3v) is 19.5. The molecule has 9 heterocycles. The van der Waals surface area contributed by atoms with Crippen molar-refractivity contribution in [2.75, 3.05) is 172 Å². The van der Waals surface area contributed by atoms with Crippen molar-refractivity contribution in [3.63, 3.8) is 0 Å². The first-order valence-corrected chi connectivity index (χ1v) is 37.1. The van der Waals surface area contributed by atoms with E-state index in [1.54, 1.807) is 29.2 Å². The van der Waals surface area contributed by atoms with Crippen LogP contribution in [0.4, 0.5) is 83.1 Å². The second-order valence-corrected chi connectivity index (χ2v) is 29.4. The van der Waals surface area contributed by atoms with Gasteiger partial charge < -0.3 is 96.5 Å². The molecule has 6 aliphatic rings. The van der Waals surface area contributed by atoms with Crippen LogP contribution in [-0.4, -0.2) is 209 Å². The number of amides is 2. The van der Waals surface area contributed by atoms with E-state index >= 15 is 0 Å². The number of aryl methyl sites for hydroxylation is 3. The SMILES string of the molecule is CCC1=CCN(C(=O)Nc2cc(-c3cc(N[C@H](C)CO)nc(N4CCOCC4)c3)c(C)cc2F)C1.C[C@H](CO)Nc1cc(I)cc(N2CCOCC2)n1.Cc1cc(F)c(N)cc1-c1cc(N[C@H](C)CO)nc(N2CCOCC2)c1.Cc1cc(F)c(N)cc1B1OC(C)(C)C(C)(C)O1.Cl.FC(F)(F)CC1=CCNC1. The van der Waals surface area contributed by atoms with Crippen molar-refractivity contribution in [2.24, 2.45) is 0 Å². The summed E-state index contributed by atoms with van der Waals surface area (Å²) < 4.78 is 106. The van der Waals surface area contributed by atoms with Crippen LogP contribution in [0.2, 0.25) is 0 Å². The highest BCUT2D eigenvalue weighted by atomic mass is 127. The molecule has 4 fully saturated rings. The van der Waals surface area contributed by atoms with E-state index in [9.17, 15) is 41.4 Å². The highest BCUT2D eigenvalue weighted by Crippen LogP contribution is 2.39. The second kappa shape index (κ2) is 40.5. The largest absolute Gasteiger partial charge is 0.495 e. The van der Waals surface area contributed by atoms with Crippen LogP contribution >= 0.6 is 35.0 Å². The highest BCUT2D eigenvalue weighted by Gasteiger charge is 2.52. The maximum Gasteiger partial charge on any atom is 0.495 e. The number of halogens is 8. The Morgan fingerprint density at radius 2 is 1.04 bits per heavy atom. The lowest BCUT2D eigenvalue weighted by molar-refractivity contribution is -0.127. The maximum atomic E-state index is 14.9. The van der Waals surface area contributed by atoms with Gasteiger partial charge in [0.2, 0.25) is 0 Å². The van der Waals surface area contributed by atoms with Gasteiger partial charge in [0, 0.05) is 87.1 Å². The Kier molecular flexibility index (Phi) is 32.9. The third-order valence-electron chi connectivity index (χ3n) is 18.9. The predicted octanol–water partition coefficient (Wildman–Crippen LogP) is 11.6. The first kappa shape index (κ1) is 87.8. The molecule has 0 unspecified atom stereocenters. The molecule has 6 aromatic rings. The minimum absolute atomic E-state index is 0. The molecule has 32 heteroatoms. The average Bonchev–Trinajstić information content (AvgIpc) is 1.55. The number of pyridine rings is 3. The number of nitrogens with one attached hydrogen (secondary N) is 5.